The van der Waals surface area contributed by atoms with E-state index in [0.717, 1.165) is 0 Å². The Hall–Kier alpha value is -1.63. The van der Waals surface area contributed by atoms with E-state index in [4.69, 9.17) is 10.9 Å². The van der Waals surface area contributed by atoms with Crippen molar-refractivity contribution in [2.24, 2.45) is 22.7 Å². The third kappa shape index (κ3) is 3.92. The van der Waals surface area contributed by atoms with Gasteiger partial charge in [0.1, 0.15) is 11.7 Å². The van der Waals surface area contributed by atoms with Gasteiger partial charge in [0, 0.05) is 5.69 Å². The van der Waals surface area contributed by atoms with Crippen LogP contribution in [0.4, 0.5) is 10.1 Å². The number of amidine groups is 1. The minimum atomic E-state index is -0.781. The summed E-state index contributed by atoms with van der Waals surface area (Å²) in [5, 5.41) is 14.1. The Balaban J connectivity index is 2.90. The minimum absolute atomic E-state index is 0.156. The number of benzene rings is 1. The fourth-order valence-electron chi connectivity index (χ4n) is 1.63. The summed E-state index contributed by atoms with van der Waals surface area (Å²) >= 11 is 3.02. The Morgan fingerprint density at radius 2 is 2.16 bits per heavy atom. The van der Waals surface area contributed by atoms with Gasteiger partial charge in [-0.1, -0.05) is 19.0 Å². The molecule has 0 fully saturated rings. The topological polar surface area (TPSA) is 87.7 Å². The molecule has 0 radical (unpaired) electrons. The van der Waals surface area contributed by atoms with E-state index in [1.165, 1.54) is 12.1 Å². The summed E-state index contributed by atoms with van der Waals surface area (Å²) in [5.41, 5.74) is 5.79. The number of carbonyl (C=O) groups excluding carboxylic acids is 1. The van der Waals surface area contributed by atoms with E-state index < -0.39 is 17.6 Å². The van der Waals surface area contributed by atoms with Crippen LogP contribution in [0.15, 0.2) is 27.8 Å². The zero-order valence-electron chi connectivity index (χ0n) is 10.5. The maximum atomic E-state index is 13.3. The third-order valence-corrected chi connectivity index (χ3v) is 3.21. The van der Waals surface area contributed by atoms with Gasteiger partial charge in [0.2, 0.25) is 5.91 Å². The second-order valence-corrected chi connectivity index (χ2v) is 5.22. The quantitative estimate of drug-likeness (QED) is 0.343. The van der Waals surface area contributed by atoms with Crippen molar-refractivity contribution in [3.8, 4) is 0 Å². The van der Waals surface area contributed by atoms with Crippen molar-refractivity contribution in [2.45, 2.75) is 13.8 Å². The highest BCUT2D eigenvalue weighted by Gasteiger charge is 2.26. The second kappa shape index (κ2) is 6.51. The third-order valence-electron chi connectivity index (χ3n) is 2.57. The lowest BCUT2D eigenvalue weighted by atomic mass is 9.94. The number of anilines is 1. The molecule has 0 spiro atoms. The molecule has 0 bridgehead atoms. The number of nitrogens with zero attached hydrogens (tertiary/aromatic N) is 1. The van der Waals surface area contributed by atoms with Crippen molar-refractivity contribution in [1.82, 2.24) is 0 Å². The van der Waals surface area contributed by atoms with E-state index >= 15 is 0 Å². The standard InChI is InChI=1S/C12H15BrFN3O2/c1-6(2)10(11(15)17-19)12(18)16-7-3-4-8(13)9(14)5-7/h3-6,10,19H,1-2H3,(H2,15,17)(H,16,18). The smallest absolute Gasteiger partial charge is 0.235 e. The molecule has 0 aliphatic carbocycles. The normalized spacial score (nSPS) is 13.4. The molecule has 1 aromatic rings. The van der Waals surface area contributed by atoms with Crippen LogP contribution in [0.25, 0.3) is 0 Å². The molecule has 1 rings (SSSR count). The minimum Gasteiger partial charge on any atom is -0.409 e. The molecule has 104 valence electrons. The van der Waals surface area contributed by atoms with E-state index in [0.29, 0.717) is 10.2 Å². The Bertz CT molecular complexity index is 506. The molecule has 0 saturated heterocycles. The molecule has 5 nitrogen and oxygen atoms in total. The summed E-state index contributed by atoms with van der Waals surface area (Å²) in [6.07, 6.45) is 0. The zero-order valence-corrected chi connectivity index (χ0v) is 12.1. The fraction of sp³-hybridized carbons (Fsp3) is 0.333. The van der Waals surface area contributed by atoms with Gasteiger partial charge in [0.25, 0.3) is 0 Å². The maximum absolute atomic E-state index is 13.3. The first-order chi connectivity index (χ1) is 8.86. The molecule has 7 heteroatoms. The summed E-state index contributed by atoms with van der Waals surface area (Å²) in [5.74, 6) is -2.05. The molecule has 0 aromatic heterocycles. The average Bonchev–Trinajstić information content (AvgIpc) is 2.33. The Morgan fingerprint density at radius 1 is 1.53 bits per heavy atom. The highest BCUT2D eigenvalue weighted by Crippen LogP contribution is 2.21. The number of carbonyl (C=O) groups is 1. The van der Waals surface area contributed by atoms with Gasteiger partial charge in [-0.15, -0.1) is 0 Å². The summed E-state index contributed by atoms with van der Waals surface area (Å²) < 4.78 is 13.6. The Labute approximate surface area is 118 Å². The molecule has 0 heterocycles. The summed E-state index contributed by atoms with van der Waals surface area (Å²) in [4.78, 5) is 12.0. The lowest BCUT2D eigenvalue weighted by Crippen LogP contribution is -2.38. The van der Waals surface area contributed by atoms with Gasteiger partial charge in [0.15, 0.2) is 5.84 Å². The van der Waals surface area contributed by atoms with Crippen molar-refractivity contribution in [2.75, 3.05) is 5.32 Å². The van der Waals surface area contributed by atoms with Crippen LogP contribution in [0.3, 0.4) is 0 Å². The number of nitrogens with one attached hydrogen (secondary N) is 1. The van der Waals surface area contributed by atoms with E-state index in [2.05, 4.69) is 26.4 Å². The number of amides is 1. The Morgan fingerprint density at radius 3 is 2.63 bits per heavy atom. The number of rotatable bonds is 4. The van der Waals surface area contributed by atoms with Crippen LogP contribution in [0.1, 0.15) is 13.8 Å². The highest BCUT2D eigenvalue weighted by molar-refractivity contribution is 9.10. The molecule has 1 amide bonds. The first-order valence-electron chi connectivity index (χ1n) is 5.60. The molecular formula is C12H15BrFN3O2. The van der Waals surface area contributed by atoms with Crippen molar-refractivity contribution >= 4 is 33.4 Å². The molecule has 0 aliphatic heterocycles. The van der Waals surface area contributed by atoms with Crippen LogP contribution in [-0.4, -0.2) is 17.0 Å². The second-order valence-electron chi connectivity index (χ2n) is 4.36. The molecule has 19 heavy (non-hydrogen) atoms. The summed E-state index contributed by atoms with van der Waals surface area (Å²) in [6.45, 7) is 3.54. The van der Waals surface area contributed by atoms with E-state index in [1.54, 1.807) is 19.9 Å². The lowest BCUT2D eigenvalue weighted by molar-refractivity contribution is -0.119. The van der Waals surface area contributed by atoms with Gasteiger partial charge in [-0.2, -0.15) is 0 Å². The van der Waals surface area contributed by atoms with Gasteiger partial charge in [-0.25, -0.2) is 4.39 Å². The van der Waals surface area contributed by atoms with E-state index in [9.17, 15) is 9.18 Å². The zero-order chi connectivity index (χ0) is 14.6. The van der Waals surface area contributed by atoms with Crippen LogP contribution in [-0.2, 0) is 4.79 Å². The van der Waals surface area contributed by atoms with Crippen LogP contribution in [0.5, 0.6) is 0 Å². The van der Waals surface area contributed by atoms with Crippen molar-refractivity contribution < 1.29 is 14.4 Å². The van der Waals surface area contributed by atoms with Crippen molar-refractivity contribution in [3.63, 3.8) is 0 Å². The van der Waals surface area contributed by atoms with Crippen LogP contribution in [0, 0.1) is 17.7 Å². The predicted octanol–water partition coefficient (Wildman–Crippen LogP) is 2.55. The van der Waals surface area contributed by atoms with Crippen LogP contribution < -0.4 is 11.1 Å². The van der Waals surface area contributed by atoms with Gasteiger partial charge in [0.05, 0.1) is 4.47 Å². The van der Waals surface area contributed by atoms with Crippen LogP contribution in [0.2, 0.25) is 0 Å². The highest BCUT2D eigenvalue weighted by atomic mass is 79.9. The predicted molar refractivity (Wildman–Crippen MR) is 74.5 cm³/mol. The van der Waals surface area contributed by atoms with E-state index in [-0.39, 0.29) is 11.8 Å². The fourth-order valence-corrected chi connectivity index (χ4v) is 1.88. The van der Waals surface area contributed by atoms with Gasteiger partial charge >= 0.3 is 0 Å². The number of oxime groups is 1. The number of nitrogens with two attached hydrogens (primary N) is 1. The van der Waals surface area contributed by atoms with Gasteiger partial charge < -0.3 is 16.3 Å². The van der Waals surface area contributed by atoms with Crippen LogP contribution >= 0.6 is 15.9 Å². The number of halogens is 2. The largest absolute Gasteiger partial charge is 0.409 e. The number of hydrogen-bond acceptors (Lipinski definition) is 3. The lowest BCUT2D eigenvalue weighted by Gasteiger charge is -2.18. The molecule has 0 aliphatic rings. The molecule has 0 saturated carbocycles. The monoisotopic (exact) mass is 331 g/mol. The molecule has 1 unspecified atom stereocenters. The van der Waals surface area contributed by atoms with Crippen molar-refractivity contribution in [1.29, 1.82) is 0 Å². The van der Waals surface area contributed by atoms with Gasteiger partial charge in [-0.3, -0.25) is 4.79 Å². The molecular weight excluding hydrogens is 317 g/mol. The molecule has 1 atom stereocenters. The molecule has 4 N–H and O–H groups in total. The maximum Gasteiger partial charge on any atom is 0.235 e. The first-order valence-corrected chi connectivity index (χ1v) is 6.39. The first kappa shape index (κ1) is 15.4. The van der Waals surface area contributed by atoms with Gasteiger partial charge in [-0.05, 0) is 40.0 Å². The average molecular weight is 332 g/mol. The van der Waals surface area contributed by atoms with Crippen molar-refractivity contribution in [3.05, 3.63) is 28.5 Å². The Kier molecular flexibility index (Phi) is 5.29. The summed E-state index contributed by atoms with van der Waals surface area (Å²) in [6, 6.07) is 4.22. The number of hydrogen-bond donors (Lipinski definition) is 3. The SMILES string of the molecule is CC(C)C(C(=O)Nc1ccc(Br)c(F)c1)C(N)=NO. The van der Waals surface area contributed by atoms with E-state index in [1.807, 2.05) is 0 Å². The molecule has 1 aromatic carbocycles. The summed E-state index contributed by atoms with van der Waals surface area (Å²) in [7, 11) is 0.